The third-order valence-corrected chi connectivity index (χ3v) is 11.8. The molecular formula is C47H33NS. The molecule has 0 amide bonds. The van der Waals surface area contributed by atoms with E-state index in [9.17, 15) is 0 Å². The van der Waals surface area contributed by atoms with Crippen LogP contribution < -0.4 is 4.90 Å². The van der Waals surface area contributed by atoms with Gasteiger partial charge in [0.05, 0.1) is 11.4 Å². The molecule has 10 rings (SSSR count). The maximum absolute atomic E-state index is 2.52. The van der Waals surface area contributed by atoms with E-state index in [2.05, 4.69) is 183 Å². The largest absolute Gasteiger partial charge is 0.309 e. The van der Waals surface area contributed by atoms with Gasteiger partial charge in [-0.05, 0) is 68.9 Å². The van der Waals surface area contributed by atoms with E-state index in [-0.39, 0.29) is 5.41 Å². The predicted molar refractivity (Wildman–Crippen MR) is 212 cm³/mol. The van der Waals surface area contributed by atoms with E-state index in [0.29, 0.717) is 0 Å². The summed E-state index contributed by atoms with van der Waals surface area (Å²) in [6, 6.07) is 60.5. The lowest BCUT2D eigenvalue weighted by Gasteiger charge is -2.30. The van der Waals surface area contributed by atoms with E-state index in [1.165, 1.54) is 86.5 Å². The highest BCUT2D eigenvalue weighted by molar-refractivity contribution is 7.26. The van der Waals surface area contributed by atoms with Gasteiger partial charge in [-0.2, -0.15) is 0 Å². The number of benzene rings is 8. The fourth-order valence-electron chi connectivity index (χ4n) is 8.30. The van der Waals surface area contributed by atoms with E-state index >= 15 is 0 Å². The fraction of sp³-hybridized carbons (Fsp3) is 0.0638. The number of hydrogen-bond donors (Lipinski definition) is 0. The summed E-state index contributed by atoms with van der Waals surface area (Å²) < 4.78 is 2.69. The molecular weight excluding hydrogens is 611 g/mol. The molecule has 1 aromatic heterocycles. The summed E-state index contributed by atoms with van der Waals surface area (Å²) in [4.78, 5) is 2.52. The Bertz CT molecular complexity index is 2730. The van der Waals surface area contributed by atoms with Crippen LogP contribution in [-0.4, -0.2) is 0 Å². The van der Waals surface area contributed by atoms with Gasteiger partial charge in [0.25, 0.3) is 0 Å². The Labute approximate surface area is 290 Å². The van der Waals surface area contributed by atoms with E-state index in [1.807, 2.05) is 11.3 Å². The average molecular weight is 644 g/mol. The van der Waals surface area contributed by atoms with Crippen molar-refractivity contribution in [3.05, 3.63) is 175 Å². The molecule has 0 radical (unpaired) electrons. The first kappa shape index (κ1) is 28.3. The van der Waals surface area contributed by atoms with Crippen LogP contribution in [0.2, 0.25) is 0 Å². The van der Waals surface area contributed by atoms with Crippen molar-refractivity contribution in [1.82, 2.24) is 0 Å². The zero-order chi connectivity index (χ0) is 32.7. The summed E-state index contributed by atoms with van der Waals surface area (Å²) in [5.74, 6) is 0. The molecule has 0 unspecified atom stereocenters. The minimum Gasteiger partial charge on any atom is -0.309 e. The number of thiophene rings is 1. The van der Waals surface area contributed by atoms with E-state index in [4.69, 9.17) is 0 Å². The highest BCUT2D eigenvalue weighted by Crippen LogP contribution is 2.55. The van der Waals surface area contributed by atoms with E-state index in [0.717, 1.165) is 5.69 Å². The van der Waals surface area contributed by atoms with Gasteiger partial charge < -0.3 is 4.90 Å². The molecule has 0 fully saturated rings. The zero-order valence-corrected chi connectivity index (χ0v) is 28.3. The molecule has 49 heavy (non-hydrogen) atoms. The Morgan fingerprint density at radius 3 is 2.00 bits per heavy atom. The summed E-state index contributed by atoms with van der Waals surface area (Å²) in [5.41, 5.74) is 11.3. The lowest BCUT2D eigenvalue weighted by Crippen LogP contribution is -2.16. The van der Waals surface area contributed by atoms with Crippen molar-refractivity contribution < 1.29 is 0 Å². The average Bonchev–Trinajstić information content (AvgIpc) is 3.65. The zero-order valence-electron chi connectivity index (χ0n) is 27.4. The first-order valence-electron chi connectivity index (χ1n) is 17.0. The molecule has 9 aromatic rings. The highest BCUT2D eigenvalue weighted by atomic mass is 32.1. The molecule has 1 heterocycles. The molecule has 0 N–H and O–H groups in total. The van der Waals surface area contributed by atoms with Crippen molar-refractivity contribution in [2.75, 3.05) is 4.90 Å². The van der Waals surface area contributed by atoms with Gasteiger partial charge in [-0.1, -0.05) is 147 Å². The number of hydrogen-bond acceptors (Lipinski definition) is 2. The van der Waals surface area contributed by atoms with Crippen LogP contribution in [0.4, 0.5) is 17.1 Å². The Morgan fingerprint density at radius 2 is 1.16 bits per heavy atom. The van der Waals surface area contributed by atoms with Crippen LogP contribution in [-0.2, 0) is 5.41 Å². The second-order valence-electron chi connectivity index (χ2n) is 13.7. The van der Waals surface area contributed by atoms with Gasteiger partial charge in [0.1, 0.15) is 0 Å². The van der Waals surface area contributed by atoms with Crippen molar-refractivity contribution in [3.8, 4) is 22.3 Å². The summed E-state index contributed by atoms with van der Waals surface area (Å²) in [7, 11) is 0. The number of fused-ring (bicyclic) bond motifs is 10. The maximum Gasteiger partial charge on any atom is 0.0546 e. The lowest BCUT2D eigenvalue weighted by atomic mass is 9.82. The van der Waals surface area contributed by atoms with Gasteiger partial charge in [0.15, 0.2) is 0 Å². The first-order valence-corrected chi connectivity index (χ1v) is 17.8. The van der Waals surface area contributed by atoms with Gasteiger partial charge >= 0.3 is 0 Å². The van der Waals surface area contributed by atoms with Crippen LogP contribution >= 0.6 is 11.3 Å². The molecule has 0 aliphatic heterocycles. The van der Waals surface area contributed by atoms with Crippen molar-refractivity contribution >= 4 is 70.1 Å². The number of rotatable bonds is 4. The van der Waals surface area contributed by atoms with Crippen LogP contribution in [0.3, 0.4) is 0 Å². The lowest BCUT2D eigenvalue weighted by molar-refractivity contribution is 0.660. The molecule has 0 saturated heterocycles. The second kappa shape index (κ2) is 10.7. The van der Waals surface area contributed by atoms with Gasteiger partial charge in [0, 0.05) is 47.6 Å². The van der Waals surface area contributed by atoms with Crippen LogP contribution in [0, 0.1) is 0 Å². The fourth-order valence-corrected chi connectivity index (χ4v) is 9.57. The molecule has 0 bridgehead atoms. The Kier molecular flexibility index (Phi) is 6.16. The summed E-state index contributed by atoms with van der Waals surface area (Å²) in [5, 5.41) is 7.79. The second-order valence-corrected chi connectivity index (χ2v) is 14.8. The normalized spacial score (nSPS) is 13.3. The van der Waals surface area contributed by atoms with Gasteiger partial charge in [-0.25, -0.2) is 0 Å². The molecule has 0 atom stereocenters. The monoisotopic (exact) mass is 643 g/mol. The van der Waals surface area contributed by atoms with E-state index < -0.39 is 0 Å². The number of nitrogens with zero attached hydrogens (tertiary/aromatic N) is 1. The predicted octanol–water partition coefficient (Wildman–Crippen LogP) is 13.8. The first-order chi connectivity index (χ1) is 24.1. The molecule has 1 nitrogen and oxygen atoms in total. The SMILES string of the molecule is CC1(C)c2ccccc2-c2c(N(c3ccc(-c4ccccc4)cc3)c3cc4ccc5c6ccccc6sc5c4c4ccccc34)cccc21. The van der Waals surface area contributed by atoms with Crippen molar-refractivity contribution in [1.29, 1.82) is 0 Å². The summed E-state index contributed by atoms with van der Waals surface area (Å²) in [6.45, 7) is 4.73. The Hall–Kier alpha value is -5.70. The molecule has 232 valence electrons. The number of anilines is 3. The molecule has 0 spiro atoms. The minimum absolute atomic E-state index is 0.0942. The minimum atomic E-state index is -0.0942. The summed E-state index contributed by atoms with van der Waals surface area (Å²) in [6.07, 6.45) is 0. The van der Waals surface area contributed by atoms with Crippen LogP contribution in [0.25, 0.3) is 64.0 Å². The van der Waals surface area contributed by atoms with Crippen molar-refractivity contribution in [3.63, 3.8) is 0 Å². The van der Waals surface area contributed by atoms with Crippen LogP contribution in [0.1, 0.15) is 25.0 Å². The third-order valence-electron chi connectivity index (χ3n) is 10.6. The Morgan fingerprint density at radius 1 is 0.490 bits per heavy atom. The molecule has 8 aromatic carbocycles. The Balaban J connectivity index is 1.29. The van der Waals surface area contributed by atoms with Gasteiger partial charge in [0.2, 0.25) is 0 Å². The smallest absolute Gasteiger partial charge is 0.0546 e. The van der Waals surface area contributed by atoms with Crippen LogP contribution in [0.15, 0.2) is 164 Å². The van der Waals surface area contributed by atoms with E-state index in [1.54, 1.807) is 0 Å². The van der Waals surface area contributed by atoms with Crippen molar-refractivity contribution in [2.24, 2.45) is 0 Å². The standard InChI is InChI=1S/C47H33NS/c1-47(2)39-19-10-8-18-38(39)45-40(47)20-12-21-41(45)48(33-26-23-31(24-27-33)30-13-4-3-5-14-30)42-29-32-25-28-37-35-16-9-11-22-43(35)49-46(37)44(32)36-17-7-6-15-34(36)42/h3-29H,1-2H3. The summed E-state index contributed by atoms with van der Waals surface area (Å²) >= 11 is 1.91. The molecule has 1 aliphatic carbocycles. The molecule has 2 heteroatoms. The maximum atomic E-state index is 2.52. The molecule has 0 saturated carbocycles. The highest BCUT2D eigenvalue weighted by Gasteiger charge is 2.38. The molecule has 1 aliphatic rings. The quantitative estimate of drug-likeness (QED) is 0.173. The van der Waals surface area contributed by atoms with Gasteiger partial charge in [-0.15, -0.1) is 11.3 Å². The van der Waals surface area contributed by atoms with Crippen LogP contribution in [0.5, 0.6) is 0 Å². The van der Waals surface area contributed by atoms with Gasteiger partial charge in [-0.3, -0.25) is 0 Å². The third kappa shape index (κ3) is 4.17. The topological polar surface area (TPSA) is 3.24 Å². The van der Waals surface area contributed by atoms with Crippen molar-refractivity contribution in [2.45, 2.75) is 19.3 Å².